The standard InChI is InChI=1S/C25H33Br3O7/c1-29-6-7-30-8-9-31-10-11-32-12-13-33-14-15-34-22-2-4-23(5-3-22)35-19-21-17-24(27)20(18-26)16-25(21)28/h2-5,16-17H,6-15,18-19H2,1H3. The van der Waals surface area contributed by atoms with Crippen LogP contribution in [0.3, 0.4) is 0 Å². The Labute approximate surface area is 233 Å². The first-order chi connectivity index (χ1) is 17.1. The predicted octanol–water partition coefficient (Wildman–Crippen LogP) is 5.78. The lowest BCUT2D eigenvalue weighted by Gasteiger charge is -2.12. The second-order valence-electron chi connectivity index (χ2n) is 7.22. The molecule has 0 fully saturated rings. The first-order valence-corrected chi connectivity index (χ1v) is 14.0. The molecule has 196 valence electrons. The zero-order valence-electron chi connectivity index (χ0n) is 19.9. The Balaban J connectivity index is 1.48. The Morgan fingerprint density at radius 3 is 1.51 bits per heavy atom. The number of methoxy groups -OCH3 is 1. The van der Waals surface area contributed by atoms with Crippen molar-refractivity contribution in [2.75, 3.05) is 73.2 Å². The van der Waals surface area contributed by atoms with E-state index in [0.29, 0.717) is 72.7 Å². The summed E-state index contributed by atoms with van der Waals surface area (Å²) in [6.07, 6.45) is 0. The fourth-order valence-corrected chi connectivity index (χ4v) is 4.63. The third-order valence-electron chi connectivity index (χ3n) is 4.62. The highest BCUT2D eigenvalue weighted by Gasteiger charge is 2.07. The summed E-state index contributed by atoms with van der Waals surface area (Å²) in [4.78, 5) is 0. The minimum absolute atomic E-state index is 0.466. The first-order valence-electron chi connectivity index (χ1n) is 11.3. The zero-order valence-corrected chi connectivity index (χ0v) is 24.7. The van der Waals surface area contributed by atoms with Crippen LogP contribution in [0.1, 0.15) is 11.1 Å². The van der Waals surface area contributed by atoms with Gasteiger partial charge in [0.05, 0.1) is 59.5 Å². The van der Waals surface area contributed by atoms with Gasteiger partial charge in [-0.15, -0.1) is 0 Å². The molecule has 0 atom stereocenters. The Hall–Kier alpha value is -0.720. The molecular weight excluding hydrogens is 652 g/mol. The smallest absolute Gasteiger partial charge is 0.120 e. The normalized spacial score (nSPS) is 11.1. The number of ether oxygens (including phenoxy) is 7. The maximum atomic E-state index is 5.91. The fourth-order valence-electron chi connectivity index (χ4n) is 2.76. The molecule has 0 aliphatic heterocycles. The molecule has 7 nitrogen and oxygen atoms in total. The summed E-state index contributed by atoms with van der Waals surface area (Å²) in [5, 5.41) is 0.788. The fraction of sp³-hybridized carbons (Fsp3) is 0.520. The van der Waals surface area contributed by atoms with Gasteiger partial charge in [0.1, 0.15) is 24.7 Å². The second-order valence-corrected chi connectivity index (χ2v) is 9.49. The average Bonchev–Trinajstić information content (AvgIpc) is 2.87. The molecule has 0 saturated heterocycles. The van der Waals surface area contributed by atoms with Crippen molar-refractivity contribution in [3.63, 3.8) is 0 Å². The summed E-state index contributed by atoms with van der Waals surface area (Å²) < 4.78 is 40.3. The van der Waals surface area contributed by atoms with Crippen molar-refractivity contribution in [1.29, 1.82) is 0 Å². The molecule has 0 aromatic heterocycles. The lowest BCUT2D eigenvalue weighted by Crippen LogP contribution is -2.14. The number of hydrogen-bond donors (Lipinski definition) is 0. The summed E-state index contributed by atoms with van der Waals surface area (Å²) in [6.45, 7) is 5.81. The highest BCUT2D eigenvalue weighted by Crippen LogP contribution is 2.29. The van der Waals surface area contributed by atoms with Gasteiger partial charge in [-0.3, -0.25) is 0 Å². The van der Waals surface area contributed by atoms with E-state index in [1.807, 2.05) is 24.3 Å². The third kappa shape index (κ3) is 13.4. The minimum Gasteiger partial charge on any atom is -0.491 e. The van der Waals surface area contributed by atoms with Crippen molar-refractivity contribution >= 4 is 47.8 Å². The Morgan fingerprint density at radius 1 is 0.571 bits per heavy atom. The number of hydrogen-bond acceptors (Lipinski definition) is 7. The van der Waals surface area contributed by atoms with Gasteiger partial charge in [0.25, 0.3) is 0 Å². The third-order valence-corrected chi connectivity index (χ3v) is 6.70. The highest BCUT2D eigenvalue weighted by molar-refractivity contribution is 9.11. The van der Waals surface area contributed by atoms with Crippen LogP contribution < -0.4 is 9.47 Å². The molecule has 0 aliphatic carbocycles. The van der Waals surface area contributed by atoms with Gasteiger partial charge in [0, 0.05) is 26.9 Å². The predicted molar refractivity (Wildman–Crippen MR) is 146 cm³/mol. The van der Waals surface area contributed by atoms with Crippen molar-refractivity contribution in [1.82, 2.24) is 0 Å². The van der Waals surface area contributed by atoms with Gasteiger partial charge >= 0.3 is 0 Å². The lowest BCUT2D eigenvalue weighted by molar-refractivity contribution is -0.00978. The molecule has 2 aromatic carbocycles. The molecule has 0 saturated carbocycles. The number of alkyl halides is 1. The molecule has 0 spiro atoms. The van der Waals surface area contributed by atoms with Gasteiger partial charge in [-0.05, 0) is 42.0 Å². The summed E-state index contributed by atoms with van der Waals surface area (Å²) in [7, 11) is 1.65. The maximum Gasteiger partial charge on any atom is 0.120 e. The van der Waals surface area contributed by atoms with E-state index < -0.39 is 0 Å². The van der Waals surface area contributed by atoms with Gasteiger partial charge in [-0.1, -0.05) is 47.8 Å². The van der Waals surface area contributed by atoms with Crippen LogP contribution >= 0.6 is 47.8 Å². The number of benzene rings is 2. The molecule has 0 amide bonds. The molecule has 0 aliphatic rings. The lowest BCUT2D eigenvalue weighted by atomic mass is 10.2. The van der Waals surface area contributed by atoms with Crippen molar-refractivity contribution in [2.24, 2.45) is 0 Å². The van der Waals surface area contributed by atoms with Gasteiger partial charge in [0.15, 0.2) is 0 Å². The zero-order chi connectivity index (χ0) is 25.1. The number of halogens is 3. The van der Waals surface area contributed by atoms with Crippen molar-refractivity contribution in [3.8, 4) is 11.5 Å². The van der Waals surface area contributed by atoms with E-state index in [-0.39, 0.29) is 0 Å². The molecule has 0 N–H and O–H groups in total. The van der Waals surface area contributed by atoms with Gasteiger partial charge in [-0.25, -0.2) is 0 Å². The van der Waals surface area contributed by atoms with E-state index in [1.54, 1.807) is 7.11 Å². The van der Waals surface area contributed by atoms with Crippen LogP contribution in [0.15, 0.2) is 45.3 Å². The van der Waals surface area contributed by atoms with Crippen LogP contribution in [-0.2, 0) is 35.6 Å². The summed E-state index contributed by atoms with van der Waals surface area (Å²) in [5.74, 6) is 1.55. The van der Waals surface area contributed by atoms with Crippen LogP contribution in [0, 0.1) is 0 Å². The van der Waals surface area contributed by atoms with Crippen molar-refractivity contribution < 1.29 is 33.2 Å². The molecule has 35 heavy (non-hydrogen) atoms. The van der Waals surface area contributed by atoms with Crippen LogP contribution in [0.4, 0.5) is 0 Å². The monoisotopic (exact) mass is 682 g/mol. The molecule has 0 bridgehead atoms. The van der Waals surface area contributed by atoms with E-state index >= 15 is 0 Å². The molecular formula is C25H33Br3O7. The van der Waals surface area contributed by atoms with E-state index in [2.05, 4.69) is 59.9 Å². The van der Waals surface area contributed by atoms with Crippen LogP contribution in [0.25, 0.3) is 0 Å². The Morgan fingerprint density at radius 2 is 1.00 bits per heavy atom. The van der Waals surface area contributed by atoms with E-state index in [0.717, 1.165) is 31.3 Å². The van der Waals surface area contributed by atoms with Gasteiger partial charge in [0.2, 0.25) is 0 Å². The maximum absolute atomic E-state index is 5.91. The summed E-state index contributed by atoms with van der Waals surface area (Å²) in [6, 6.07) is 11.7. The number of rotatable bonds is 20. The molecule has 0 heterocycles. The molecule has 2 aromatic rings. The summed E-state index contributed by atoms with van der Waals surface area (Å²) in [5.41, 5.74) is 2.25. The van der Waals surface area contributed by atoms with Gasteiger partial charge in [-0.2, -0.15) is 0 Å². The second kappa shape index (κ2) is 19.4. The first kappa shape index (κ1) is 30.5. The Kier molecular flexibility index (Phi) is 16.9. The minimum atomic E-state index is 0.466. The van der Waals surface area contributed by atoms with E-state index in [4.69, 9.17) is 33.2 Å². The van der Waals surface area contributed by atoms with Gasteiger partial charge < -0.3 is 33.2 Å². The van der Waals surface area contributed by atoms with Crippen molar-refractivity contribution in [2.45, 2.75) is 11.9 Å². The highest BCUT2D eigenvalue weighted by atomic mass is 79.9. The average molecular weight is 685 g/mol. The Bertz CT molecular complexity index is 821. The van der Waals surface area contributed by atoms with Crippen molar-refractivity contribution in [3.05, 3.63) is 56.5 Å². The topological polar surface area (TPSA) is 64.6 Å². The molecule has 0 unspecified atom stereocenters. The molecule has 2 rings (SSSR count). The largest absolute Gasteiger partial charge is 0.491 e. The SMILES string of the molecule is COCCOCCOCCOCCOCCOc1ccc(OCc2cc(Br)c(CBr)cc2Br)cc1. The van der Waals surface area contributed by atoms with E-state index in [9.17, 15) is 0 Å². The quantitative estimate of drug-likeness (QED) is 0.130. The summed E-state index contributed by atoms with van der Waals surface area (Å²) >= 11 is 10.7. The van der Waals surface area contributed by atoms with E-state index in [1.165, 1.54) is 5.56 Å². The van der Waals surface area contributed by atoms with Crippen LogP contribution in [0.5, 0.6) is 11.5 Å². The van der Waals surface area contributed by atoms with Crippen LogP contribution in [0.2, 0.25) is 0 Å². The van der Waals surface area contributed by atoms with Crippen LogP contribution in [-0.4, -0.2) is 73.2 Å². The molecule has 0 radical (unpaired) electrons. The molecule has 10 heteroatoms.